The van der Waals surface area contributed by atoms with Gasteiger partial charge in [-0.15, -0.1) is 0 Å². The zero-order valence-electron chi connectivity index (χ0n) is 7.58. The molecule has 1 unspecified atom stereocenters. The molecule has 0 aromatic heterocycles. The van der Waals surface area contributed by atoms with E-state index in [0.29, 0.717) is 0 Å². The maximum atomic E-state index is 10.5. The normalized spacial score (nSPS) is 16.1. The molecule has 0 amide bonds. The first kappa shape index (κ1) is 11.4. The van der Waals surface area contributed by atoms with E-state index in [2.05, 4.69) is 0 Å². The maximum Gasteiger partial charge on any atom is 0.304 e. The van der Waals surface area contributed by atoms with Crippen molar-refractivity contribution in [2.24, 2.45) is 17.1 Å². The van der Waals surface area contributed by atoms with Gasteiger partial charge in [-0.1, -0.05) is 13.8 Å². The van der Waals surface area contributed by atoms with Crippen molar-refractivity contribution in [3.05, 3.63) is 0 Å². The maximum absolute atomic E-state index is 10.5. The minimum atomic E-state index is -0.914. The molecule has 0 aromatic carbocycles. The Labute approximate surface area is 72.4 Å². The van der Waals surface area contributed by atoms with Crippen LogP contribution in [0.15, 0.2) is 0 Å². The Morgan fingerprint density at radius 2 is 2.08 bits per heavy atom. The quantitative estimate of drug-likeness (QED) is 0.551. The molecule has 12 heavy (non-hydrogen) atoms. The molecule has 4 heteroatoms. The Bertz CT molecular complexity index is 152. The van der Waals surface area contributed by atoms with Crippen LogP contribution in [0.3, 0.4) is 0 Å². The fraction of sp³-hybridized carbons (Fsp3) is 0.875. The highest BCUT2D eigenvalue weighted by atomic mass is 16.4. The molecule has 0 bridgehead atoms. The second-order valence-electron chi connectivity index (χ2n) is 3.45. The summed E-state index contributed by atoms with van der Waals surface area (Å²) in [6.45, 7) is 3.76. The predicted molar refractivity (Wildman–Crippen MR) is 45.7 cm³/mol. The first-order chi connectivity index (χ1) is 5.48. The van der Waals surface area contributed by atoms with Crippen LogP contribution < -0.4 is 5.73 Å². The number of hydrogen-bond acceptors (Lipinski definition) is 3. The van der Waals surface area contributed by atoms with Crippen LogP contribution in [0.4, 0.5) is 0 Å². The van der Waals surface area contributed by atoms with Crippen molar-refractivity contribution in [3.8, 4) is 0 Å². The average Bonchev–Trinajstić information content (AvgIpc) is 1.99. The van der Waals surface area contributed by atoms with Crippen LogP contribution in [0.2, 0.25) is 0 Å². The minimum Gasteiger partial charge on any atom is -0.481 e. The van der Waals surface area contributed by atoms with E-state index in [1.807, 2.05) is 13.8 Å². The van der Waals surface area contributed by atoms with Gasteiger partial charge in [-0.05, 0) is 5.92 Å². The average molecular weight is 175 g/mol. The largest absolute Gasteiger partial charge is 0.481 e. The van der Waals surface area contributed by atoms with Gasteiger partial charge in [0.05, 0.1) is 13.0 Å². The van der Waals surface area contributed by atoms with Gasteiger partial charge in [0.2, 0.25) is 0 Å². The highest BCUT2D eigenvalue weighted by Crippen LogP contribution is 2.29. The molecule has 0 saturated heterocycles. The lowest BCUT2D eigenvalue weighted by Gasteiger charge is -2.32. The monoisotopic (exact) mass is 175 g/mol. The highest BCUT2D eigenvalue weighted by molar-refractivity contribution is 5.67. The number of carboxylic acids is 1. The van der Waals surface area contributed by atoms with E-state index in [4.69, 9.17) is 15.9 Å². The van der Waals surface area contributed by atoms with Crippen LogP contribution >= 0.6 is 0 Å². The SMILES string of the molecule is CC(C)C(CN)(CO)CC(=O)O. The molecule has 1 atom stereocenters. The smallest absolute Gasteiger partial charge is 0.304 e. The fourth-order valence-corrected chi connectivity index (χ4v) is 1.12. The number of carbonyl (C=O) groups is 1. The van der Waals surface area contributed by atoms with Gasteiger partial charge in [0.1, 0.15) is 0 Å². The molecule has 0 aliphatic carbocycles. The van der Waals surface area contributed by atoms with Crippen molar-refractivity contribution >= 4 is 5.97 Å². The topological polar surface area (TPSA) is 83.5 Å². The molecule has 0 spiro atoms. The Morgan fingerprint density at radius 3 is 2.17 bits per heavy atom. The summed E-state index contributed by atoms with van der Waals surface area (Å²) in [4.78, 5) is 10.5. The van der Waals surface area contributed by atoms with Gasteiger partial charge in [-0.2, -0.15) is 0 Å². The molecule has 72 valence electrons. The predicted octanol–water partition coefficient (Wildman–Crippen LogP) is 0.0545. The summed E-state index contributed by atoms with van der Waals surface area (Å²) in [5.41, 5.74) is 4.78. The zero-order valence-corrected chi connectivity index (χ0v) is 7.58. The Balaban J connectivity index is 4.46. The number of aliphatic hydroxyl groups excluding tert-OH is 1. The molecular formula is C8H17NO3. The van der Waals surface area contributed by atoms with E-state index in [9.17, 15) is 4.79 Å². The molecule has 0 radical (unpaired) electrons. The van der Waals surface area contributed by atoms with Gasteiger partial charge in [0.15, 0.2) is 0 Å². The van der Waals surface area contributed by atoms with Crippen LogP contribution in [-0.2, 0) is 4.79 Å². The van der Waals surface area contributed by atoms with E-state index < -0.39 is 11.4 Å². The van der Waals surface area contributed by atoms with Crippen LogP contribution in [0, 0.1) is 11.3 Å². The van der Waals surface area contributed by atoms with E-state index in [1.165, 1.54) is 0 Å². The van der Waals surface area contributed by atoms with Crippen molar-refractivity contribution in [1.29, 1.82) is 0 Å². The number of carboxylic acid groups (broad SMARTS) is 1. The molecule has 4 nitrogen and oxygen atoms in total. The van der Waals surface area contributed by atoms with Crippen LogP contribution in [0.1, 0.15) is 20.3 Å². The van der Waals surface area contributed by atoms with E-state index in [0.717, 1.165) is 0 Å². The third kappa shape index (κ3) is 2.46. The van der Waals surface area contributed by atoms with Gasteiger partial charge in [0, 0.05) is 12.0 Å². The summed E-state index contributed by atoms with van der Waals surface area (Å²) in [7, 11) is 0. The lowest BCUT2D eigenvalue weighted by Crippen LogP contribution is -2.41. The second-order valence-corrected chi connectivity index (χ2v) is 3.45. The zero-order chi connectivity index (χ0) is 9.78. The Kier molecular flexibility index (Phi) is 4.20. The molecule has 0 aromatic rings. The van der Waals surface area contributed by atoms with E-state index in [1.54, 1.807) is 0 Å². The van der Waals surface area contributed by atoms with Crippen LogP contribution in [0.5, 0.6) is 0 Å². The molecule has 0 saturated carbocycles. The summed E-state index contributed by atoms with van der Waals surface area (Å²) >= 11 is 0. The summed E-state index contributed by atoms with van der Waals surface area (Å²) < 4.78 is 0. The lowest BCUT2D eigenvalue weighted by molar-refractivity contribution is -0.141. The Morgan fingerprint density at radius 1 is 1.58 bits per heavy atom. The summed E-state index contributed by atoms with van der Waals surface area (Å²) in [6.07, 6.45) is -0.0718. The van der Waals surface area contributed by atoms with E-state index in [-0.39, 0.29) is 25.5 Å². The first-order valence-corrected chi connectivity index (χ1v) is 4.01. The molecule has 0 aliphatic rings. The second kappa shape index (κ2) is 4.42. The van der Waals surface area contributed by atoms with Crippen molar-refractivity contribution in [1.82, 2.24) is 0 Å². The van der Waals surface area contributed by atoms with Crippen molar-refractivity contribution in [2.75, 3.05) is 13.2 Å². The number of aliphatic hydroxyl groups is 1. The highest BCUT2D eigenvalue weighted by Gasteiger charge is 2.34. The third-order valence-corrected chi connectivity index (χ3v) is 2.45. The van der Waals surface area contributed by atoms with Crippen LogP contribution in [-0.4, -0.2) is 29.3 Å². The van der Waals surface area contributed by atoms with Gasteiger partial charge >= 0.3 is 5.97 Å². The number of aliphatic carboxylic acids is 1. The third-order valence-electron chi connectivity index (χ3n) is 2.45. The summed E-state index contributed by atoms with van der Waals surface area (Å²) in [5, 5.41) is 17.6. The fourth-order valence-electron chi connectivity index (χ4n) is 1.12. The van der Waals surface area contributed by atoms with Crippen molar-refractivity contribution < 1.29 is 15.0 Å². The molecule has 0 aliphatic heterocycles. The molecule has 0 rings (SSSR count). The molecule has 0 fully saturated rings. The van der Waals surface area contributed by atoms with Gasteiger partial charge in [-0.25, -0.2) is 0 Å². The first-order valence-electron chi connectivity index (χ1n) is 4.01. The van der Waals surface area contributed by atoms with Crippen molar-refractivity contribution in [3.63, 3.8) is 0 Å². The lowest BCUT2D eigenvalue weighted by atomic mass is 9.75. The van der Waals surface area contributed by atoms with Gasteiger partial charge in [-0.3, -0.25) is 4.79 Å². The molecule has 0 heterocycles. The standard InChI is InChI=1S/C8H17NO3/c1-6(2)8(4-9,5-10)3-7(11)12/h6,10H,3-5,9H2,1-2H3,(H,11,12). The van der Waals surface area contributed by atoms with Crippen molar-refractivity contribution in [2.45, 2.75) is 20.3 Å². The van der Waals surface area contributed by atoms with Gasteiger partial charge < -0.3 is 15.9 Å². The number of hydrogen-bond donors (Lipinski definition) is 3. The Hall–Kier alpha value is -0.610. The van der Waals surface area contributed by atoms with Gasteiger partial charge in [0.25, 0.3) is 0 Å². The minimum absolute atomic E-state index is 0.0718. The molecular weight excluding hydrogens is 158 g/mol. The summed E-state index contributed by atoms with van der Waals surface area (Å²) in [6, 6.07) is 0. The van der Waals surface area contributed by atoms with E-state index >= 15 is 0 Å². The van der Waals surface area contributed by atoms with Crippen LogP contribution in [0.25, 0.3) is 0 Å². The number of rotatable bonds is 5. The summed E-state index contributed by atoms with van der Waals surface area (Å²) in [5.74, 6) is -0.841. The number of nitrogens with two attached hydrogens (primary N) is 1. The molecule has 4 N–H and O–H groups in total.